The van der Waals surface area contributed by atoms with Crippen molar-refractivity contribution in [2.75, 3.05) is 19.7 Å². The second-order valence-corrected chi connectivity index (χ2v) is 7.71. The van der Waals surface area contributed by atoms with Crippen LogP contribution in [0.4, 0.5) is 4.79 Å². The molecule has 0 bridgehead atoms. The summed E-state index contributed by atoms with van der Waals surface area (Å²) in [6.45, 7) is 8.64. The van der Waals surface area contributed by atoms with Crippen LogP contribution in [-0.4, -0.2) is 41.3 Å². The van der Waals surface area contributed by atoms with Crippen molar-refractivity contribution in [2.24, 2.45) is 5.92 Å². The molecule has 1 aromatic rings. The molecule has 0 radical (unpaired) electrons. The minimum absolute atomic E-state index is 0.192. The van der Waals surface area contributed by atoms with Crippen molar-refractivity contribution in [1.29, 1.82) is 0 Å². The number of hydrogen-bond acceptors (Lipinski definition) is 5. The van der Waals surface area contributed by atoms with Gasteiger partial charge in [0, 0.05) is 25.9 Å². The molecule has 1 amide bonds. The van der Waals surface area contributed by atoms with Crippen molar-refractivity contribution in [3.8, 4) is 0 Å². The van der Waals surface area contributed by atoms with Crippen LogP contribution >= 0.6 is 11.3 Å². The summed E-state index contributed by atoms with van der Waals surface area (Å²) in [5, 5.41) is 0. The number of thiazole rings is 1. The van der Waals surface area contributed by atoms with Crippen molar-refractivity contribution >= 4 is 17.4 Å². The van der Waals surface area contributed by atoms with Gasteiger partial charge in [-0.05, 0) is 46.0 Å². The zero-order valence-electron chi connectivity index (χ0n) is 13.7. The summed E-state index contributed by atoms with van der Waals surface area (Å²) in [4.78, 5) is 19.1. The van der Waals surface area contributed by atoms with E-state index >= 15 is 0 Å². The van der Waals surface area contributed by atoms with E-state index in [4.69, 9.17) is 9.47 Å². The van der Waals surface area contributed by atoms with E-state index in [-0.39, 0.29) is 6.09 Å². The molecular weight excluding hydrogens is 300 g/mol. The first-order chi connectivity index (χ1) is 10.4. The topological polar surface area (TPSA) is 51.7 Å². The monoisotopic (exact) mass is 326 g/mol. The summed E-state index contributed by atoms with van der Waals surface area (Å²) in [7, 11) is 0. The maximum absolute atomic E-state index is 12.1. The van der Waals surface area contributed by atoms with Crippen LogP contribution in [0.3, 0.4) is 0 Å². The molecule has 2 heterocycles. The van der Waals surface area contributed by atoms with Gasteiger partial charge >= 0.3 is 6.09 Å². The molecule has 5 nitrogen and oxygen atoms in total. The molecule has 22 heavy (non-hydrogen) atoms. The number of amides is 1. The Morgan fingerprint density at radius 1 is 1.50 bits per heavy atom. The highest BCUT2D eigenvalue weighted by atomic mass is 32.1. The fourth-order valence-corrected chi connectivity index (χ4v) is 3.06. The van der Waals surface area contributed by atoms with Gasteiger partial charge in [0.2, 0.25) is 0 Å². The summed E-state index contributed by atoms with van der Waals surface area (Å²) in [5.41, 5.74) is 1.39. The lowest BCUT2D eigenvalue weighted by Gasteiger charge is -2.34. The van der Waals surface area contributed by atoms with Crippen LogP contribution in [-0.2, 0) is 16.1 Å². The van der Waals surface area contributed by atoms with Gasteiger partial charge in [-0.2, -0.15) is 0 Å². The van der Waals surface area contributed by atoms with Crippen LogP contribution in [0, 0.1) is 5.92 Å². The van der Waals surface area contributed by atoms with E-state index in [1.165, 1.54) is 0 Å². The predicted molar refractivity (Wildman–Crippen MR) is 86.9 cm³/mol. The van der Waals surface area contributed by atoms with Crippen molar-refractivity contribution in [1.82, 2.24) is 9.88 Å². The highest BCUT2D eigenvalue weighted by Gasteiger charge is 2.27. The Bertz CT molecular complexity index is 456. The number of ether oxygens (including phenoxy) is 2. The Hall–Kier alpha value is -1.14. The number of aromatic nitrogens is 1. The van der Waals surface area contributed by atoms with Crippen LogP contribution in [0.25, 0.3) is 0 Å². The van der Waals surface area contributed by atoms with Crippen LogP contribution in [0.15, 0.2) is 11.7 Å². The fraction of sp³-hybridized carbons (Fsp3) is 0.750. The number of carbonyl (C=O) groups is 1. The molecule has 1 aliphatic rings. The Balaban J connectivity index is 1.68. The van der Waals surface area contributed by atoms with E-state index in [0.29, 0.717) is 12.5 Å². The lowest BCUT2D eigenvalue weighted by molar-refractivity contribution is 0.0136. The normalized spacial score (nSPS) is 19.2. The third-order valence-corrected chi connectivity index (χ3v) is 4.32. The summed E-state index contributed by atoms with van der Waals surface area (Å²) < 4.78 is 11.1. The van der Waals surface area contributed by atoms with Crippen molar-refractivity contribution < 1.29 is 14.3 Å². The maximum atomic E-state index is 12.1. The molecule has 124 valence electrons. The molecule has 1 fully saturated rings. The summed E-state index contributed by atoms with van der Waals surface area (Å²) >= 11 is 1.61. The molecule has 0 aromatic carbocycles. The van der Waals surface area contributed by atoms with Gasteiger partial charge in [-0.1, -0.05) is 0 Å². The van der Waals surface area contributed by atoms with Crippen molar-refractivity contribution in [2.45, 2.75) is 52.2 Å². The van der Waals surface area contributed by atoms with Gasteiger partial charge in [-0.15, -0.1) is 11.3 Å². The molecule has 1 atom stereocenters. The minimum Gasteiger partial charge on any atom is -0.444 e. The molecule has 1 saturated heterocycles. The van der Waals surface area contributed by atoms with E-state index in [9.17, 15) is 4.79 Å². The van der Waals surface area contributed by atoms with Gasteiger partial charge in [0.25, 0.3) is 0 Å². The third kappa shape index (κ3) is 5.93. The van der Waals surface area contributed by atoms with Gasteiger partial charge in [-0.25, -0.2) is 4.79 Å². The number of rotatable bonds is 5. The number of likely N-dealkylation sites (tertiary alicyclic amines) is 1. The third-order valence-electron chi connectivity index (χ3n) is 3.57. The van der Waals surface area contributed by atoms with Gasteiger partial charge in [-0.3, -0.25) is 4.98 Å². The van der Waals surface area contributed by atoms with Crippen LogP contribution in [0.2, 0.25) is 0 Å². The zero-order valence-corrected chi connectivity index (χ0v) is 14.5. The number of hydrogen-bond donors (Lipinski definition) is 0. The first-order valence-corrected chi connectivity index (χ1v) is 8.75. The smallest absolute Gasteiger partial charge is 0.410 e. The molecule has 1 aromatic heterocycles. The number of carbonyl (C=O) groups excluding carboxylic acids is 1. The predicted octanol–water partition coefficient (Wildman–Crippen LogP) is 3.70. The minimum atomic E-state index is -0.429. The summed E-state index contributed by atoms with van der Waals surface area (Å²) in [6, 6.07) is 0. The Labute approximate surface area is 136 Å². The molecule has 1 aliphatic heterocycles. The molecule has 0 aliphatic carbocycles. The quantitative estimate of drug-likeness (QED) is 0.774. The molecule has 0 spiro atoms. The van der Waals surface area contributed by atoms with Crippen molar-refractivity contribution in [3.05, 3.63) is 16.6 Å². The standard InChI is InChI=1S/C16H26N2O3S/c1-16(2,3)21-15(19)18-7-4-5-13(10-18)6-8-20-11-14-9-17-12-22-14/h9,12-13H,4-8,10-11H2,1-3H3/t13-/m0/s1. The van der Waals surface area contributed by atoms with E-state index in [1.54, 1.807) is 11.3 Å². The van der Waals surface area contributed by atoms with Crippen molar-refractivity contribution in [3.63, 3.8) is 0 Å². The van der Waals surface area contributed by atoms with E-state index < -0.39 is 5.60 Å². The Morgan fingerprint density at radius 2 is 2.32 bits per heavy atom. The van der Waals surface area contributed by atoms with Gasteiger partial charge in [0.05, 0.1) is 17.0 Å². The Morgan fingerprint density at radius 3 is 3.00 bits per heavy atom. The highest BCUT2D eigenvalue weighted by Crippen LogP contribution is 2.22. The second-order valence-electron chi connectivity index (χ2n) is 6.74. The average Bonchev–Trinajstić information content (AvgIpc) is 2.95. The highest BCUT2D eigenvalue weighted by molar-refractivity contribution is 7.09. The molecule has 2 rings (SSSR count). The lowest BCUT2D eigenvalue weighted by Crippen LogP contribution is -2.43. The maximum Gasteiger partial charge on any atom is 0.410 e. The van der Waals surface area contributed by atoms with E-state index in [1.807, 2.05) is 37.4 Å². The summed E-state index contributed by atoms with van der Waals surface area (Å²) in [6.07, 6.45) is 4.83. The largest absolute Gasteiger partial charge is 0.444 e. The van der Waals surface area contributed by atoms with E-state index in [0.717, 1.165) is 43.8 Å². The lowest BCUT2D eigenvalue weighted by atomic mass is 9.95. The molecular formula is C16H26N2O3S. The average molecular weight is 326 g/mol. The first-order valence-electron chi connectivity index (χ1n) is 7.87. The molecule has 6 heteroatoms. The van der Waals surface area contributed by atoms with Crippen LogP contribution in [0.5, 0.6) is 0 Å². The van der Waals surface area contributed by atoms with Gasteiger partial charge in [0.15, 0.2) is 0 Å². The Kier molecular flexibility index (Phi) is 6.20. The zero-order chi connectivity index (χ0) is 16.0. The molecule has 0 unspecified atom stereocenters. The fourth-order valence-electron chi connectivity index (χ4n) is 2.53. The number of piperidine rings is 1. The molecule has 0 saturated carbocycles. The SMILES string of the molecule is CC(C)(C)OC(=O)N1CCC[C@@H](CCOCc2cncs2)C1. The van der Waals surface area contributed by atoms with Gasteiger partial charge < -0.3 is 14.4 Å². The number of nitrogens with zero attached hydrogens (tertiary/aromatic N) is 2. The second kappa shape index (κ2) is 7.92. The van der Waals surface area contributed by atoms with Gasteiger partial charge in [0.1, 0.15) is 5.60 Å². The first kappa shape index (κ1) is 17.2. The van der Waals surface area contributed by atoms with E-state index in [2.05, 4.69) is 4.98 Å². The summed E-state index contributed by atoms with van der Waals surface area (Å²) in [5.74, 6) is 0.503. The van der Waals surface area contributed by atoms with Crippen LogP contribution < -0.4 is 0 Å². The molecule has 0 N–H and O–H groups in total. The van der Waals surface area contributed by atoms with Crippen LogP contribution in [0.1, 0.15) is 44.9 Å².